The average molecular weight is 391 g/mol. The van der Waals surface area contributed by atoms with Crippen molar-refractivity contribution in [3.8, 4) is 0 Å². The Morgan fingerprint density at radius 2 is 1.32 bits per heavy atom. The SMILES string of the molecule is O=C(O)C(F)(F)C(F)(F)C(F)(F)S(=O)NS(=O)(=O)C(F)(F)F. The van der Waals surface area contributed by atoms with Gasteiger partial charge in [0.25, 0.3) is 0 Å². The number of carboxylic acids is 1. The van der Waals surface area contributed by atoms with Crippen molar-refractivity contribution in [3.63, 3.8) is 0 Å². The van der Waals surface area contributed by atoms with E-state index in [2.05, 4.69) is 0 Å². The van der Waals surface area contributed by atoms with Crippen molar-refractivity contribution in [2.45, 2.75) is 22.6 Å². The van der Waals surface area contributed by atoms with E-state index in [-0.39, 0.29) is 0 Å². The monoisotopic (exact) mass is 391 g/mol. The number of rotatable bonds is 6. The Kier molecular flexibility index (Phi) is 5.24. The maximum atomic E-state index is 12.9. The minimum absolute atomic E-state index is 0.483. The molecule has 0 rings (SSSR count). The Balaban J connectivity index is 5.77. The Bertz CT molecular complexity index is 582. The molecular formula is C5H2F9NO5S2. The van der Waals surface area contributed by atoms with E-state index in [9.17, 15) is 56.9 Å². The molecule has 0 amide bonds. The van der Waals surface area contributed by atoms with Crippen LogP contribution in [0.2, 0.25) is 0 Å². The second kappa shape index (κ2) is 5.52. The summed E-state index contributed by atoms with van der Waals surface area (Å²) in [7, 11) is -12.1. The lowest BCUT2D eigenvalue weighted by Gasteiger charge is -2.29. The summed E-state index contributed by atoms with van der Waals surface area (Å²) in [6, 6.07) is 0. The van der Waals surface area contributed by atoms with E-state index in [1.165, 1.54) is 0 Å². The fraction of sp³-hybridized carbons (Fsp3) is 0.800. The van der Waals surface area contributed by atoms with Crippen LogP contribution in [0.3, 0.4) is 0 Å². The molecule has 0 aliphatic heterocycles. The van der Waals surface area contributed by atoms with Gasteiger partial charge in [0.15, 0.2) is 11.0 Å². The summed E-state index contributed by atoms with van der Waals surface area (Å²) in [5.41, 5.74) is -6.37. The van der Waals surface area contributed by atoms with E-state index in [0.717, 1.165) is 0 Å². The lowest BCUT2D eigenvalue weighted by molar-refractivity contribution is -0.275. The molecular weight excluding hydrogens is 389 g/mol. The van der Waals surface area contributed by atoms with Crippen LogP contribution in [0, 0.1) is 0 Å². The van der Waals surface area contributed by atoms with Crippen LogP contribution in [0.4, 0.5) is 39.5 Å². The minimum Gasteiger partial charge on any atom is -0.477 e. The first-order valence-corrected chi connectivity index (χ1v) is 6.83. The molecule has 1 atom stereocenters. The zero-order valence-electron chi connectivity index (χ0n) is 9.30. The lowest BCUT2D eigenvalue weighted by Crippen LogP contribution is -2.61. The summed E-state index contributed by atoms with van der Waals surface area (Å²) in [4.78, 5) is 9.80. The molecule has 0 aliphatic carbocycles. The van der Waals surface area contributed by atoms with Crippen LogP contribution in [0.15, 0.2) is 0 Å². The van der Waals surface area contributed by atoms with Gasteiger partial charge in [-0.3, -0.25) is 0 Å². The number of aliphatic carboxylic acids is 1. The topological polar surface area (TPSA) is 101 Å². The van der Waals surface area contributed by atoms with E-state index >= 15 is 0 Å². The number of nitrogens with one attached hydrogen (secondary N) is 1. The van der Waals surface area contributed by atoms with Gasteiger partial charge in [-0.2, -0.15) is 39.5 Å². The molecule has 2 N–H and O–H groups in total. The molecule has 6 nitrogen and oxygen atoms in total. The molecule has 0 radical (unpaired) electrons. The van der Waals surface area contributed by atoms with Crippen LogP contribution in [-0.2, 0) is 25.8 Å². The predicted octanol–water partition coefficient (Wildman–Crippen LogP) is 1.04. The lowest BCUT2D eigenvalue weighted by atomic mass is 10.2. The Labute approximate surface area is 116 Å². The van der Waals surface area contributed by atoms with Crippen molar-refractivity contribution in [1.82, 2.24) is 4.13 Å². The first-order valence-electron chi connectivity index (χ1n) is 4.20. The number of hydrogen-bond donors (Lipinski definition) is 2. The molecule has 132 valence electrons. The van der Waals surface area contributed by atoms with Crippen LogP contribution in [0.5, 0.6) is 0 Å². The van der Waals surface area contributed by atoms with Crippen LogP contribution in [0.25, 0.3) is 0 Å². The van der Waals surface area contributed by atoms with E-state index in [0.29, 0.717) is 0 Å². The van der Waals surface area contributed by atoms with Crippen molar-refractivity contribution in [3.05, 3.63) is 0 Å². The number of halogens is 9. The molecule has 0 heterocycles. The van der Waals surface area contributed by atoms with Gasteiger partial charge < -0.3 is 5.11 Å². The Morgan fingerprint density at radius 1 is 0.955 bits per heavy atom. The highest BCUT2D eigenvalue weighted by Gasteiger charge is 2.78. The average Bonchev–Trinajstić information content (AvgIpc) is 2.25. The largest absolute Gasteiger partial charge is 0.512 e. The van der Waals surface area contributed by atoms with E-state index in [1.807, 2.05) is 0 Å². The van der Waals surface area contributed by atoms with Crippen molar-refractivity contribution in [2.75, 3.05) is 0 Å². The van der Waals surface area contributed by atoms with Crippen LogP contribution < -0.4 is 4.13 Å². The fourth-order valence-corrected chi connectivity index (χ4v) is 2.59. The molecule has 17 heteroatoms. The number of alkyl halides is 9. The number of sulfonamides is 1. The second-order valence-corrected chi connectivity index (χ2v) is 6.46. The first-order chi connectivity index (χ1) is 9.32. The van der Waals surface area contributed by atoms with Gasteiger partial charge in [-0.05, 0) is 0 Å². The second-order valence-electron chi connectivity index (χ2n) is 3.27. The highest BCUT2D eigenvalue weighted by Crippen LogP contribution is 2.47. The minimum atomic E-state index is -6.98. The van der Waals surface area contributed by atoms with Crippen LogP contribution in [0.1, 0.15) is 0 Å². The van der Waals surface area contributed by atoms with Crippen LogP contribution >= 0.6 is 0 Å². The van der Waals surface area contributed by atoms with Gasteiger partial charge in [-0.25, -0.2) is 17.4 Å². The summed E-state index contributed by atoms with van der Waals surface area (Å²) in [5.74, 6) is -17.4. The molecule has 22 heavy (non-hydrogen) atoms. The Morgan fingerprint density at radius 3 is 1.59 bits per heavy atom. The van der Waals surface area contributed by atoms with Crippen molar-refractivity contribution in [1.29, 1.82) is 0 Å². The quantitative estimate of drug-likeness (QED) is 0.659. The van der Waals surface area contributed by atoms with Crippen LogP contribution in [-0.4, -0.2) is 46.3 Å². The molecule has 0 saturated heterocycles. The van der Waals surface area contributed by atoms with Crippen molar-refractivity contribution in [2.24, 2.45) is 0 Å². The maximum Gasteiger partial charge on any atom is 0.512 e. The molecule has 0 aliphatic rings. The third-order valence-corrected chi connectivity index (χ3v) is 4.57. The predicted molar refractivity (Wildman–Crippen MR) is 48.7 cm³/mol. The fourth-order valence-electron chi connectivity index (χ4n) is 0.633. The van der Waals surface area contributed by atoms with Gasteiger partial charge in [-0.15, -0.1) is 4.13 Å². The highest BCUT2D eigenvalue weighted by molar-refractivity contribution is 8.02. The van der Waals surface area contributed by atoms with Gasteiger partial charge in [0.1, 0.15) is 0 Å². The van der Waals surface area contributed by atoms with Gasteiger partial charge in [0, 0.05) is 0 Å². The van der Waals surface area contributed by atoms with Crippen molar-refractivity contribution >= 4 is 27.0 Å². The maximum absolute atomic E-state index is 12.9. The molecule has 0 spiro atoms. The molecule has 0 bridgehead atoms. The van der Waals surface area contributed by atoms with Crippen molar-refractivity contribution < 1.29 is 62.0 Å². The summed E-state index contributed by atoms with van der Waals surface area (Å²) >= 11 is 0. The van der Waals surface area contributed by atoms with Gasteiger partial charge in [-0.1, -0.05) is 0 Å². The molecule has 0 fully saturated rings. The smallest absolute Gasteiger partial charge is 0.477 e. The summed E-state index contributed by atoms with van der Waals surface area (Å²) in [6.07, 6.45) is 0. The zero-order chi connectivity index (χ0) is 18.4. The zero-order valence-corrected chi connectivity index (χ0v) is 10.9. The van der Waals surface area contributed by atoms with Gasteiger partial charge in [0.2, 0.25) is 0 Å². The van der Waals surface area contributed by atoms with Gasteiger partial charge in [0.05, 0.1) is 0 Å². The molecule has 0 aromatic rings. The molecule has 0 saturated carbocycles. The standard InChI is InChI=1S/C5H2F9NO5S2/c6-2(7,1(16)17)3(8,9)4(10,11)21(18)15-22(19,20)5(12,13)14/h15H,(H,16,17). The summed E-state index contributed by atoms with van der Waals surface area (Å²) in [6.45, 7) is 0. The number of carbonyl (C=O) groups is 1. The molecule has 1 unspecified atom stereocenters. The van der Waals surface area contributed by atoms with E-state index < -0.39 is 53.7 Å². The summed E-state index contributed by atoms with van der Waals surface area (Å²) in [5, 5.41) is 1.02. The first kappa shape index (κ1) is 20.9. The number of hydrogen-bond acceptors (Lipinski definition) is 4. The normalized spacial score (nSPS) is 16.4. The molecule has 0 aromatic carbocycles. The Hall–Kier alpha value is -1.10. The van der Waals surface area contributed by atoms with E-state index in [4.69, 9.17) is 5.11 Å². The van der Waals surface area contributed by atoms with Gasteiger partial charge >= 0.3 is 38.6 Å². The molecule has 0 aromatic heterocycles. The number of carboxylic acid groups (broad SMARTS) is 1. The highest BCUT2D eigenvalue weighted by atomic mass is 32.3. The third kappa shape index (κ3) is 3.29. The van der Waals surface area contributed by atoms with E-state index in [1.54, 1.807) is 0 Å². The third-order valence-electron chi connectivity index (χ3n) is 1.75. The summed E-state index contributed by atoms with van der Waals surface area (Å²) < 4.78 is 142.